The van der Waals surface area contributed by atoms with Gasteiger partial charge >= 0.3 is 0 Å². The topological polar surface area (TPSA) is 65.9 Å². The quantitative estimate of drug-likeness (QED) is 0.566. The van der Waals surface area contributed by atoms with E-state index in [1.807, 2.05) is 32.0 Å². The number of nitrogens with zero attached hydrogens (tertiary/aromatic N) is 1. The number of hydrogen-bond donors (Lipinski definition) is 3. The van der Waals surface area contributed by atoms with Crippen LogP contribution in [0, 0.1) is 5.92 Å². The number of nitrogens with one attached hydrogen (secondary N) is 3. The first-order chi connectivity index (χ1) is 13.4. The highest BCUT2D eigenvalue weighted by Gasteiger charge is 2.19. The molecule has 0 spiro atoms. The summed E-state index contributed by atoms with van der Waals surface area (Å²) in [6.07, 6.45) is 4.97. The fourth-order valence-corrected chi connectivity index (χ4v) is 3.53. The van der Waals surface area contributed by atoms with E-state index < -0.39 is 0 Å². The van der Waals surface area contributed by atoms with Gasteiger partial charge in [-0.05, 0) is 43.4 Å². The van der Waals surface area contributed by atoms with Gasteiger partial charge in [-0.15, -0.1) is 0 Å². The molecule has 0 atom stereocenters. The molecule has 28 heavy (non-hydrogen) atoms. The summed E-state index contributed by atoms with van der Waals surface area (Å²) >= 11 is 0. The van der Waals surface area contributed by atoms with E-state index in [-0.39, 0.29) is 11.8 Å². The van der Waals surface area contributed by atoms with Gasteiger partial charge in [0.1, 0.15) is 0 Å². The molecule has 1 aromatic rings. The van der Waals surface area contributed by atoms with Crippen molar-refractivity contribution in [1.82, 2.24) is 5.32 Å². The van der Waals surface area contributed by atoms with Crippen molar-refractivity contribution in [1.29, 1.82) is 0 Å². The van der Waals surface area contributed by atoms with Crippen molar-refractivity contribution < 1.29 is 14.5 Å². The van der Waals surface area contributed by atoms with Gasteiger partial charge in [0, 0.05) is 43.9 Å². The smallest absolute Gasteiger partial charge is 0.253 e. The van der Waals surface area contributed by atoms with Crippen LogP contribution in [0.25, 0.3) is 0 Å². The Balaban J connectivity index is 2.14. The van der Waals surface area contributed by atoms with Gasteiger partial charge in [0.05, 0.1) is 26.2 Å². The van der Waals surface area contributed by atoms with Gasteiger partial charge < -0.3 is 20.4 Å². The number of carbonyl (C=O) groups excluding carboxylic acids is 2. The fraction of sp³-hybridized carbons (Fsp3) is 0.636. The number of hydrogen-bond acceptors (Lipinski definition) is 3. The van der Waals surface area contributed by atoms with Crippen LogP contribution in [0.3, 0.4) is 0 Å². The van der Waals surface area contributed by atoms with Crippen molar-refractivity contribution in [3.05, 3.63) is 23.8 Å². The van der Waals surface area contributed by atoms with Gasteiger partial charge in [0.2, 0.25) is 5.91 Å². The summed E-state index contributed by atoms with van der Waals surface area (Å²) in [6.45, 7) is 7.67. The van der Waals surface area contributed by atoms with Crippen LogP contribution in [0.5, 0.6) is 0 Å². The van der Waals surface area contributed by atoms with Crippen molar-refractivity contribution in [2.75, 3.05) is 50.5 Å². The molecule has 0 radical (unpaired) electrons. The Morgan fingerprint density at radius 3 is 2.50 bits per heavy atom. The minimum atomic E-state index is -0.0608. The van der Waals surface area contributed by atoms with E-state index in [1.165, 1.54) is 11.3 Å². The molecule has 2 rings (SSSR count). The average molecular weight is 390 g/mol. The Morgan fingerprint density at radius 1 is 1.14 bits per heavy atom. The van der Waals surface area contributed by atoms with E-state index >= 15 is 0 Å². The molecular weight excluding hydrogens is 352 g/mol. The molecule has 1 aliphatic rings. The second-order valence-electron chi connectivity index (χ2n) is 8.49. The number of carbonyl (C=O) groups is 2. The maximum absolute atomic E-state index is 12.9. The van der Waals surface area contributed by atoms with Crippen LogP contribution in [0.1, 0.15) is 56.3 Å². The lowest BCUT2D eigenvalue weighted by atomic mass is 10.1. The normalized spacial score (nSPS) is 14.4. The lowest BCUT2D eigenvalue weighted by molar-refractivity contribution is -0.858. The molecule has 0 aliphatic carbocycles. The third-order valence-corrected chi connectivity index (χ3v) is 4.95. The number of benzene rings is 1. The second-order valence-corrected chi connectivity index (χ2v) is 8.49. The Morgan fingerprint density at radius 2 is 1.86 bits per heavy atom. The summed E-state index contributed by atoms with van der Waals surface area (Å²) in [4.78, 5) is 28.7. The summed E-state index contributed by atoms with van der Waals surface area (Å²) in [7, 11) is 4.22. The molecule has 1 aliphatic heterocycles. The third kappa shape index (κ3) is 7.15. The molecule has 0 bridgehead atoms. The van der Waals surface area contributed by atoms with Crippen LogP contribution in [0.2, 0.25) is 0 Å². The lowest BCUT2D eigenvalue weighted by Crippen LogP contribution is -3.05. The van der Waals surface area contributed by atoms with Crippen LogP contribution in [-0.4, -0.2) is 52.1 Å². The first-order valence-corrected chi connectivity index (χ1v) is 10.6. The summed E-state index contributed by atoms with van der Waals surface area (Å²) in [5.74, 6) is 0.226. The number of quaternary nitrogens is 1. The van der Waals surface area contributed by atoms with Crippen molar-refractivity contribution in [2.24, 2.45) is 5.92 Å². The second kappa shape index (κ2) is 11.1. The first kappa shape index (κ1) is 22.2. The largest absolute Gasteiger partial charge is 0.371 e. The molecule has 6 heteroatoms. The monoisotopic (exact) mass is 389 g/mol. The van der Waals surface area contributed by atoms with Gasteiger partial charge in [-0.2, -0.15) is 0 Å². The highest BCUT2D eigenvalue weighted by molar-refractivity contribution is 6.02. The van der Waals surface area contributed by atoms with Crippen LogP contribution in [0.4, 0.5) is 11.4 Å². The lowest BCUT2D eigenvalue weighted by Gasteiger charge is -2.30. The average Bonchev–Trinajstić information content (AvgIpc) is 2.65. The molecule has 3 N–H and O–H groups in total. The number of piperidine rings is 1. The van der Waals surface area contributed by atoms with Crippen LogP contribution >= 0.6 is 0 Å². The molecule has 0 aromatic heterocycles. The molecule has 0 saturated carbocycles. The molecule has 1 aromatic carbocycles. The maximum atomic E-state index is 12.9. The zero-order chi connectivity index (χ0) is 20.5. The molecule has 156 valence electrons. The Kier molecular flexibility index (Phi) is 8.77. The Labute approximate surface area is 169 Å². The molecule has 1 heterocycles. The summed E-state index contributed by atoms with van der Waals surface area (Å²) in [5.41, 5.74) is 2.31. The van der Waals surface area contributed by atoms with Gasteiger partial charge in [0.25, 0.3) is 5.91 Å². The molecule has 6 nitrogen and oxygen atoms in total. The number of amides is 2. The molecular formula is C22H37N4O2+. The Hall–Kier alpha value is -2.08. The van der Waals surface area contributed by atoms with Crippen molar-refractivity contribution in [3.8, 4) is 0 Å². The highest BCUT2D eigenvalue weighted by atomic mass is 16.2. The zero-order valence-electron chi connectivity index (χ0n) is 17.9. The summed E-state index contributed by atoms with van der Waals surface area (Å²) < 4.78 is 0. The first-order valence-electron chi connectivity index (χ1n) is 10.6. The molecule has 0 unspecified atom stereocenters. The van der Waals surface area contributed by atoms with Crippen molar-refractivity contribution >= 4 is 23.2 Å². The molecule has 1 saturated heterocycles. The third-order valence-electron chi connectivity index (χ3n) is 4.95. The van der Waals surface area contributed by atoms with E-state index in [2.05, 4.69) is 29.6 Å². The van der Waals surface area contributed by atoms with Gasteiger partial charge in [-0.1, -0.05) is 13.8 Å². The molecule has 1 fully saturated rings. The fourth-order valence-electron chi connectivity index (χ4n) is 3.53. The zero-order valence-corrected chi connectivity index (χ0v) is 17.9. The van der Waals surface area contributed by atoms with E-state index in [4.69, 9.17) is 0 Å². The van der Waals surface area contributed by atoms with Crippen LogP contribution in [0.15, 0.2) is 18.2 Å². The summed E-state index contributed by atoms with van der Waals surface area (Å²) in [5, 5.41) is 6.00. The number of rotatable bonds is 9. The van der Waals surface area contributed by atoms with Gasteiger partial charge in [-0.3, -0.25) is 9.59 Å². The minimum Gasteiger partial charge on any atom is -0.371 e. The summed E-state index contributed by atoms with van der Waals surface area (Å²) in [6, 6.07) is 5.72. The van der Waals surface area contributed by atoms with Gasteiger partial charge in [-0.25, -0.2) is 0 Å². The van der Waals surface area contributed by atoms with Crippen LogP contribution < -0.4 is 20.4 Å². The SMILES string of the molecule is CC(C)CC(=O)Nc1ccc(N2CCCCC2)c(C(=O)NCCC[NH+](C)C)c1. The van der Waals surface area contributed by atoms with Crippen LogP contribution in [-0.2, 0) is 4.79 Å². The Bertz CT molecular complexity index is 652. The van der Waals surface area contributed by atoms with E-state index in [0.29, 0.717) is 30.1 Å². The predicted molar refractivity (Wildman–Crippen MR) is 115 cm³/mol. The van der Waals surface area contributed by atoms with Crippen molar-refractivity contribution in [2.45, 2.75) is 46.0 Å². The van der Waals surface area contributed by atoms with E-state index in [0.717, 1.165) is 44.6 Å². The van der Waals surface area contributed by atoms with E-state index in [1.54, 1.807) is 0 Å². The highest BCUT2D eigenvalue weighted by Crippen LogP contribution is 2.27. The maximum Gasteiger partial charge on any atom is 0.253 e. The van der Waals surface area contributed by atoms with Gasteiger partial charge in [0.15, 0.2) is 0 Å². The van der Waals surface area contributed by atoms with E-state index in [9.17, 15) is 9.59 Å². The van der Waals surface area contributed by atoms with Crippen molar-refractivity contribution in [3.63, 3.8) is 0 Å². The standard InChI is InChI=1S/C22H36N4O2/c1-17(2)15-21(27)24-18-9-10-20(26-13-6-5-7-14-26)19(16-18)22(28)23-11-8-12-25(3)4/h9-10,16-17H,5-8,11-15H2,1-4H3,(H,23,28)(H,24,27)/p+1. The minimum absolute atomic E-state index is 0.0129. The number of anilines is 2. The predicted octanol–water partition coefficient (Wildman–Crippen LogP) is 1.93. The molecule has 2 amide bonds.